The summed E-state index contributed by atoms with van der Waals surface area (Å²) < 4.78 is 6.43. The Morgan fingerprint density at radius 1 is 1.20 bits per heavy atom. The first kappa shape index (κ1) is 26.5. The molecular weight excluding hydrogens is 444 g/mol. The summed E-state index contributed by atoms with van der Waals surface area (Å²) >= 11 is 0. The van der Waals surface area contributed by atoms with Crippen LogP contribution in [0.4, 0.5) is 10.5 Å². The fraction of sp³-hybridized carbons (Fsp3) is 0.481. The molecule has 8 heteroatoms. The van der Waals surface area contributed by atoms with Crippen molar-refractivity contribution >= 4 is 17.6 Å². The monoisotopic (exact) mass is 482 g/mol. The van der Waals surface area contributed by atoms with Gasteiger partial charge >= 0.3 is 6.03 Å². The van der Waals surface area contributed by atoms with E-state index in [-0.39, 0.29) is 42.7 Å². The van der Waals surface area contributed by atoms with E-state index in [2.05, 4.69) is 41.6 Å². The molecule has 2 aromatic carbocycles. The summed E-state index contributed by atoms with van der Waals surface area (Å²) in [5, 5.41) is 15.4. The first-order valence-electron chi connectivity index (χ1n) is 12.2. The Labute approximate surface area is 208 Å². The largest absolute Gasteiger partial charge is 0.488 e. The summed E-state index contributed by atoms with van der Waals surface area (Å²) in [5.41, 5.74) is 2.09. The van der Waals surface area contributed by atoms with E-state index in [4.69, 9.17) is 4.74 Å². The van der Waals surface area contributed by atoms with Crippen LogP contribution in [0.25, 0.3) is 0 Å². The molecule has 35 heavy (non-hydrogen) atoms. The number of hydrogen-bond donors (Lipinski definition) is 3. The van der Waals surface area contributed by atoms with E-state index in [9.17, 15) is 14.7 Å². The highest BCUT2D eigenvalue weighted by atomic mass is 16.5. The number of amides is 3. The Balaban J connectivity index is 1.87. The smallest absolute Gasteiger partial charge is 0.319 e. The molecule has 3 rings (SSSR count). The molecule has 0 fully saturated rings. The molecule has 0 spiro atoms. The van der Waals surface area contributed by atoms with Crippen molar-refractivity contribution < 1.29 is 19.4 Å². The number of fused-ring (bicyclic) bond motifs is 1. The number of nitrogens with one attached hydrogen (secondary N) is 2. The second-order valence-electron chi connectivity index (χ2n) is 9.77. The van der Waals surface area contributed by atoms with Crippen molar-refractivity contribution in [1.82, 2.24) is 15.1 Å². The predicted octanol–water partition coefficient (Wildman–Crippen LogP) is 3.57. The van der Waals surface area contributed by atoms with Crippen molar-refractivity contribution in [3.8, 4) is 5.75 Å². The lowest BCUT2D eigenvalue weighted by Gasteiger charge is -2.38. The SMILES string of the molecule is CC(C)NC(=O)Nc1ccc2c(c1)C(=O)N([C@@H](C)CO)C[C@@H](C)[C@@H](CN(C)Cc1ccccc1)O2. The van der Waals surface area contributed by atoms with E-state index in [1.807, 2.05) is 39.0 Å². The van der Waals surface area contributed by atoms with Crippen LogP contribution in [0.2, 0.25) is 0 Å². The molecule has 190 valence electrons. The topological polar surface area (TPSA) is 94.1 Å². The number of ether oxygens (including phenoxy) is 1. The van der Waals surface area contributed by atoms with Gasteiger partial charge in [0, 0.05) is 37.3 Å². The van der Waals surface area contributed by atoms with Gasteiger partial charge in [0.1, 0.15) is 11.9 Å². The maximum Gasteiger partial charge on any atom is 0.319 e. The number of aliphatic hydroxyl groups is 1. The van der Waals surface area contributed by atoms with Crippen LogP contribution >= 0.6 is 0 Å². The second kappa shape index (κ2) is 12.0. The standard InChI is InChI=1S/C27H38N4O4/c1-18(2)28-27(34)29-22-11-12-24-23(13-22)26(33)31(20(4)17-32)14-19(3)25(35-24)16-30(5)15-21-9-7-6-8-10-21/h6-13,18-20,25,32H,14-17H2,1-5H3,(H2,28,29,34)/t19-,20+,25-/m1/s1. The molecule has 1 heterocycles. The van der Waals surface area contributed by atoms with Gasteiger partial charge in [-0.25, -0.2) is 4.79 Å². The lowest BCUT2D eigenvalue weighted by atomic mass is 9.99. The normalized spacial score (nSPS) is 19.0. The van der Waals surface area contributed by atoms with E-state index in [0.717, 1.165) is 6.54 Å². The minimum absolute atomic E-state index is 0.0136. The van der Waals surface area contributed by atoms with Gasteiger partial charge in [-0.15, -0.1) is 0 Å². The average Bonchev–Trinajstić information content (AvgIpc) is 2.81. The number of hydrogen-bond acceptors (Lipinski definition) is 5. The van der Waals surface area contributed by atoms with Crippen molar-refractivity contribution in [2.24, 2.45) is 5.92 Å². The van der Waals surface area contributed by atoms with Crippen LogP contribution in [-0.4, -0.2) is 71.8 Å². The van der Waals surface area contributed by atoms with Crippen LogP contribution in [0.1, 0.15) is 43.6 Å². The van der Waals surface area contributed by atoms with E-state index in [1.165, 1.54) is 5.56 Å². The molecule has 3 amide bonds. The quantitative estimate of drug-likeness (QED) is 0.535. The van der Waals surface area contributed by atoms with Gasteiger partial charge in [-0.1, -0.05) is 37.3 Å². The van der Waals surface area contributed by atoms with Gasteiger partial charge in [-0.05, 0) is 51.6 Å². The Hall–Kier alpha value is -3.10. The van der Waals surface area contributed by atoms with Crippen LogP contribution in [0.15, 0.2) is 48.5 Å². The van der Waals surface area contributed by atoms with E-state index in [1.54, 1.807) is 23.1 Å². The minimum atomic E-state index is -0.348. The predicted molar refractivity (Wildman–Crippen MR) is 138 cm³/mol. The first-order valence-corrected chi connectivity index (χ1v) is 12.2. The maximum atomic E-state index is 13.5. The third kappa shape index (κ3) is 7.19. The van der Waals surface area contributed by atoms with Crippen molar-refractivity contribution in [3.63, 3.8) is 0 Å². The Kier molecular flexibility index (Phi) is 9.12. The average molecular weight is 483 g/mol. The summed E-state index contributed by atoms with van der Waals surface area (Å²) in [6, 6.07) is 14.7. The molecule has 0 saturated carbocycles. The molecule has 0 aromatic heterocycles. The fourth-order valence-corrected chi connectivity index (χ4v) is 4.21. The summed E-state index contributed by atoms with van der Waals surface area (Å²) in [4.78, 5) is 29.6. The minimum Gasteiger partial charge on any atom is -0.488 e. The van der Waals surface area contributed by atoms with E-state index in [0.29, 0.717) is 30.1 Å². The third-order valence-electron chi connectivity index (χ3n) is 6.13. The molecular formula is C27H38N4O4. The van der Waals surface area contributed by atoms with Gasteiger partial charge in [-0.3, -0.25) is 9.69 Å². The molecule has 1 aliphatic rings. The van der Waals surface area contributed by atoms with Gasteiger partial charge in [0.15, 0.2) is 0 Å². The molecule has 0 radical (unpaired) electrons. The number of nitrogens with zero attached hydrogens (tertiary/aromatic N) is 2. The zero-order chi connectivity index (χ0) is 25.5. The van der Waals surface area contributed by atoms with Gasteiger partial charge in [0.25, 0.3) is 5.91 Å². The molecule has 3 atom stereocenters. The van der Waals surface area contributed by atoms with Crippen LogP contribution in [-0.2, 0) is 6.54 Å². The van der Waals surface area contributed by atoms with Gasteiger partial charge in [0.05, 0.1) is 18.2 Å². The molecule has 8 nitrogen and oxygen atoms in total. The number of likely N-dealkylation sites (N-methyl/N-ethyl adjacent to an activating group) is 1. The van der Waals surface area contributed by atoms with Crippen LogP contribution in [0.5, 0.6) is 5.75 Å². The Morgan fingerprint density at radius 3 is 2.57 bits per heavy atom. The molecule has 1 aliphatic heterocycles. The van der Waals surface area contributed by atoms with Crippen molar-refractivity contribution in [1.29, 1.82) is 0 Å². The van der Waals surface area contributed by atoms with Crippen LogP contribution in [0.3, 0.4) is 0 Å². The lowest BCUT2D eigenvalue weighted by Crippen LogP contribution is -2.49. The van der Waals surface area contributed by atoms with Gasteiger partial charge in [-0.2, -0.15) is 0 Å². The number of benzene rings is 2. The van der Waals surface area contributed by atoms with Gasteiger partial charge < -0.3 is 25.4 Å². The van der Waals surface area contributed by atoms with E-state index >= 15 is 0 Å². The van der Waals surface area contributed by atoms with Crippen LogP contribution in [0, 0.1) is 5.92 Å². The zero-order valence-electron chi connectivity index (χ0n) is 21.3. The molecule has 0 aliphatic carbocycles. The molecule has 0 bridgehead atoms. The van der Waals surface area contributed by atoms with Gasteiger partial charge in [0.2, 0.25) is 0 Å². The molecule has 3 N–H and O–H groups in total. The second-order valence-corrected chi connectivity index (χ2v) is 9.77. The number of rotatable bonds is 8. The number of carbonyl (C=O) groups is 2. The summed E-state index contributed by atoms with van der Waals surface area (Å²) in [7, 11) is 2.06. The molecule has 0 saturated heterocycles. The maximum absolute atomic E-state index is 13.5. The van der Waals surface area contributed by atoms with Crippen LogP contribution < -0.4 is 15.4 Å². The van der Waals surface area contributed by atoms with Crippen molar-refractivity contribution in [3.05, 3.63) is 59.7 Å². The van der Waals surface area contributed by atoms with E-state index < -0.39 is 0 Å². The fourth-order valence-electron chi connectivity index (χ4n) is 4.21. The summed E-state index contributed by atoms with van der Waals surface area (Å²) in [6.45, 7) is 9.43. The number of anilines is 1. The number of aliphatic hydroxyl groups excluding tert-OH is 1. The summed E-state index contributed by atoms with van der Waals surface area (Å²) in [5.74, 6) is 0.288. The zero-order valence-corrected chi connectivity index (χ0v) is 21.3. The first-order chi connectivity index (χ1) is 16.7. The summed E-state index contributed by atoms with van der Waals surface area (Å²) in [6.07, 6.45) is -0.174. The number of urea groups is 1. The highest BCUT2D eigenvalue weighted by Gasteiger charge is 2.33. The Morgan fingerprint density at radius 2 is 1.91 bits per heavy atom. The molecule has 2 aromatic rings. The van der Waals surface area contributed by atoms with Crippen molar-refractivity contribution in [2.45, 2.75) is 52.4 Å². The highest BCUT2D eigenvalue weighted by molar-refractivity contribution is 5.99. The molecule has 0 unspecified atom stereocenters. The highest BCUT2D eigenvalue weighted by Crippen LogP contribution is 2.30. The Bertz CT molecular complexity index is 998. The van der Waals surface area contributed by atoms with Crippen molar-refractivity contribution in [2.75, 3.05) is 32.1 Å². The lowest BCUT2D eigenvalue weighted by molar-refractivity contribution is 0.0341. The third-order valence-corrected chi connectivity index (χ3v) is 6.13. The number of carbonyl (C=O) groups excluding carboxylic acids is 2.